The maximum absolute atomic E-state index is 13.1. The lowest BCUT2D eigenvalue weighted by molar-refractivity contribution is -0.139. The molecule has 1 amide bonds. The summed E-state index contributed by atoms with van der Waals surface area (Å²) >= 11 is 7.45. The minimum atomic E-state index is -4.47. The third-order valence-corrected chi connectivity index (χ3v) is 4.78. The van der Waals surface area contributed by atoms with Crippen LogP contribution in [0.5, 0.6) is 0 Å². The van der Waals surface area contributed by atoms with E-state index in [0.717, 1.165) is 6.07 Å². The first-order valence-corrected chi connectivity index (χ1v) is 8.72. The molecule has 0 aliphatic heterocycles. The van der Waals surface area contributed by atoms with E-state index in [1.165, 1.54) is 53.6 Å². The number of hydrogen-bond acceptors (Lipinski definition) is 3. The number of halogens is 4. The highest BCUT2D eigenvalue weighted by Crippen LogP contribution is 2.32. The lowest BCUT2D eigenvalue weighted by Gasteiger charge is -2.19. The van der Waals surface area contributed by atoms with Gasteiger partial charge in [0.15, 0.2) is 10.1 Å². The van der Waals surface area contributed by atoms with Crippen molar-refractivity contribution in [2.24, 2.45) is 0 Å². The molecule has 136 valence electrons. The summed E-state index contributed by atoms with van der Waals surface area (Å²) in [5.41, 5.74) is -0.172. The minimum Gasteiger partial charge on any atom is -0.338 e. The first-order valence-electron chi connectivity index (χ1n) is 7.46. The fourth-order valence-electron chi connectivity index (χ4n) is 2.47. The number of aromatic nitrogens is 2. The number of alkyl halides is 3. The van der Waals surface area contributed by atoms with Gasteiger partial charge in [-0.2, -0.15) is 13.2 Å². The number of thiazole rings is 1. The van der Waals surface area contributed by atoms with Gasteiger partial charge in [0.1, 0.15) is 0 Å². The molecule has 9 heteroatoms. The number of rotatable bonds is 4. The Bertz CT molecular complexity index is 977. The number of carbonyl (C=O) groups excluding carboxylic acids is 1. The molecular weight excluding hydrogens is 387 g/mol. The van der Waals surface area contributed by atoms with Gasteiger partial charge in [-0.05, 0) is 17.7 Å². The van der Waals surface area contributed by atoms with Crippen molar-refractivity contribution in [1.82, 2.24) is 14.3 Å². The van der Waals surface area contributed by atoms with Gasteiger partial charge in [-0.1, -0.05) is 29.8 Å². The quantitative estimate of drug-likeness (QED) is 0.594. The highest BCUT2D eigenvalue weighted by atomic mass is 35.5. The average molecular weight is 400 g/mol. The van der Waals surface area contributed by atoms with Crippen molar-refractivity contribution in [1.29, 1.82) is 0 Å². The highest BCUT2D eigenvalue weighted by Gasteiger charge is 2.33. The Labute approximate surface area is 156 Å². The fourth-order valence-corrected chi connectivity index (χ4v) is 3.48. The molecule has 0 fully saturated rings. The predicted octanol–water partition coefficient (Wildman–Crippen LogP) is 4.74. The molecule has 0 aliphatic rings. The Kier molecular flexibility index (Phi) is 5.06. The first-order chi connectivity index (χ1) is 12.3. The van der Waals surface area contributed by atoms with E-state index in [2.05, 4.69) is 4.98 Å². The first kappa shape index (κ1) is 18.5. The number of carbonyl (C=O) groups is 1. The minimum absolute atomic E-state index is 0.0341. The van der Waals surface area contributed by atoms with Gasteiger partial charge in [0.05, 0.1) is 11.3 Å². The van der Waals surface area contributed by atoms with Crippen molar-refractivity contribution in [3.63, 3.8) is 0 Å². The van der Waals surface area contributed by atoms with Crippen LogP contribution in [0.4, 0.5) is 13.2 Å². The predicted molar refractivity (Wildman–Crippen MR) is 95.0 cm³/mol. The van der Waals surface area contributed by atoms with Crippen LogP contribution >= 0.6 is 22.9 Å². The van der Waals surface area contributed by atoms with Crippen LogP contribution in [0.15, 0.2) is 41.9 Å². The van der Waals surface area contributed by atoms with Gasteiger partial charge in [0, 0.05) is 31.2 Å². The molecule has 0 atom stereocenters. The van der Waals surface area contributed by atoms with Gasteiger partial charge in [-0.15, -0.1) is 11.3 Å². The summed E-state index contributed by atoms with van der Waals surface area (Å²) in [6.45, 7) is -0.160. The summed E-state index contributed by atoms with van der Waals surface area (Å²) in [5.74, 6) is -0.441. The Morgan fingerprint density at radius 1 is 1.38 bits per heavy atom. The zero-order chi connectivity index (χ0) is 18.9. The molecule has 26 heavy (non-hydrogen) atoms. The molecule has 2 heterocycles. The lowest BCUT2D eigenvalue weighted by Crippen LogP contribution is -2.25. The Balaban J connectivity index is 1.77. The Morgan fingerprint density at radius 2 is 2.12 bits per heavy atom. The maximum Gasteiger partial charge on any atom is 0.416 e. The summed E-state index contributed by atoms with van der Waals surface area (Å²) in [7, 11) is 1.44. The number of likely N-dealkylation sites (N-methyl/N-ethyl adjacent to an activating group) is 1. The van der Waals surface area contributed by atoms with Gasteiger partial charge < -0.3 is 4.90 Å². The van der Waals surface area contributed by atoms with Crippen molar-refractivity contribution in [3.05, 3.63) is 63.9 Å². The normalized spacial score (nSPS) is 12.2. The van der Waals surface area contributed by atoms with Crippen molar-refractivity contribution in [2.75, 3.05) is 7.05 Å². The van der Waals surface area contributed by atoms with E-state index in [4.69, 9.17) is 11.6 Å². The number of hydrogen-bond donors (Lipinski definition) is 0. The number of imidazole rings is 1. The summed E-state index contributed by atoms with van der Waals surface area (Å²) in [4.78, 5) is 18.3. The molecule has 0 saturated heterocycles. The highest BCUT2D eigenvalue weighted by molar-refractivity contribution is 7.15. The van der Waals surface area contributed by atoms with Crippen LogP contribution in [-0.2, 0) is 17.5 Å². The molecule has 3 rings (SSSR count). The average Bonchev–Trinajstić information content (AvgIpc) is 3.13. The van der Waals surface area contributed by atoms with Crippen LogP contribution in [0.1, 0.15) is 16.8 Å². The van der Waals surface area contributed by atoms with E-state index in [9.17, 15) is 18.0 Å². The zero-order valence-electron chi connectivity index (χ0n) is 13.5. The van der Waals surface area contributed by atoms with Crippen LogP contribution < -0.4 is 0 Å². The number of benzene rings is 1. The molecule has 1 aromatic carbocycles. The smallest absolute Gasteiger partial charge is 0.338 e. The second kappa shape index (κ2) is 7.13. The van der Waals surface area contributed by atoms with E-state index in [1.54, 1.807) is 10.6 Å². The third kappa shape index (κ3) is 3.76. The molecule has 3 aromatic rings. The molecule has 0 unspecified atom stereocenters. The van der Waals surface area contributed by atoms with Crippen molar-refractivity contribution < 1.29 is 18.0 Å². The van der Waals surface area contributed by atoms with Crippen LogP contribution in [0.25, 0.3) is 11.0 Å². The zero-order valence-corrected chi connectivity index (χ0v) is 15.1. The van der Waals surface area contributed by atoms with Crippen molar-refractivity contribution in [3.8, 4) is 0 Å². The maximum atomic E-state index is 13.1. The molecule has 2 aromatic heterocycles. The summed E-state index contributed by atoms with van der Waals surface area (Å²) < 4.78 is 40.9. The number of amides is 1. The second-order valence-corrected chi connectivity index (χ2v) is 6.76. The molecule has 0 saturated carbocycles. The summed E-state index contributed by atoms with van der Waals surface area (Å²) in [6, 6.07) is 5.20. The molecule has 0 spiro atoms. The van der Waals surface area contributed by atoms with E-state index < -0.39 is 17.6 Å². The van der Waals surface area contributed by atoms with Gasteiger partial charge in [0.25, 0.3) is 0 Å². The number of nitrogens with zero attached hydrogens (tertiary/aromatic N) is 3. The van der Waals surface area contributed by atoms with Crippen molar-refractivity contribution in [2.45, 2.75) is 12.7 Å². The number of fused-ring (bicyclic) bond motifs is 1. The Hall–Kier alpha value is -2.32. The van der Waals surface area contributed by atoms with Crippen LogP contribution in [0.3, 0.4) is 0 Å². The van der Waals surface area contributed by atoms with E-state index >= 15 is 0 Å². The molecule has 0 N–H and O–H groups in total. The van der Waals surface area contributed by atoms with Crippen LogP contribution in [0, 0.1) is 0 Å². The van der Waals surface area contributed by atoms with Gasteiger partial charge in [-0.3, -0.25) is 9.20 Å². The second-order valence-electron chi connectivity index (χ2n) is 5.53. The van der Waals surface area contributed by atoms with Crippen LogP contribution in [-0.4, -0.2) is 27.2 Å². The largest absolute Gasteiger partial charge is 0.416 e. The molecular formula is C17H13ClF3N3OS. The SMILES string of the molecule is CN(Cc1ccccc1C(F)(F)F)C(=O)/C=C/c1c(Cl)nc2sccn12. The Morgan fingerprint density at radius 3 is 2.85 bits per heavy atom. The van der Waals surface area contributed by atoms with Gasteiger partial charge >= 0.3 is 6.18 Å². The fraction of sp³-hybridized carbons (Fsp3) is 0.176. The van der Waals surface area contributed by atoms with Crippen molar-refractivity contribution >= 4 is 39.9 Å². The van der Waals surface area contributed by atoms with Gasteiger partial charge in [-0.25, -0.2) is 4.98 Å². The molecule has 0 bridgehead atoms. The van der Waals surface area contributed by atoms with Crippen LogP contribution in [0.2, 0.25) is 5.15 Å². The van der Waals surface area contributed by atoms with E-state index in [0.29, 0.717) is 10.7 Å². The monoisotopic (exact) mass is 399 g/mol. The summed E-state index contributed by atoms with van der Waals surface area (Å²) in [6.07, 6.45) is 0.0745. The van der Waals surface area contributed by atoms with E-state index in [1.807, 2.05) is 5.38 Å². The van der Waals surface area contributed by atoms with Gasteiger partial charge in [0.2, 0.25) is 5.91 Å². The molecule has 0 aliphatic carbocycles. The summed E-state index contributed by atoms with van der Waals surface area (Å²) in [5, 5.41) is 2.09. The molecule has 4 nitrogen and oxygen atoms in total. The van der Waals surface area contributed by atoms with E-state index in [-0.39, 0.29) is 17.3 Å². The molecule has 0 radical (unpaired) electrons. The third-order valence-electron chi connectivity index (χ3n) is 3.74. The lowest BCUT2D eigenvalue weighted by atomic mass is 10.1. The topological polar surface area (TPSA) is 37.6 Å². The standard InChI is InChI=1S/C17H13ClF3N3OS/c1-23(10-11-4-2-3-5-12(11)17(19,20)21)14(25)7-6-13-15(18)22-16-24(13)8-9-26-16/h2-9H,10H2,1H3/b7-6+.